The van der Waals surface area contributed by atoms with E-state index in [-0.39, 0.29) is 33.5 Å². The maximum Gasteiger partial charge on any atom is 0.329 e. The standard InChI is InChI=1S/C17H16ClFN6O2/c1-8(2)7-24-12-14(26)20-17(27)23(3)15(12)25-13(21-22-16(24)25)11-9(18)5-4-6-10(11)19/h4-6,8H,7H2,1-3H3,(H,20,26,27). The lowest BCUT2D eigenvalue weighted by Crippen LogP contribution is -2.29. The number of imidazole rings is 1. The number of halogens is 2. The first kappa shape index (κ1) is 17.5. The van der Waals surface area contributed by atoms with Gasteiger partial charge in [0.25, 0.3) is 5.56 Å². The Kier molecular flexibility index (Phi) is 3.92. The molecule has 0 aliphatic carbocycles. The highest BCUT2D eigenvalue weighted by Gasteiger charge is 2.25. The van der Waals surface area contributed by atoms with Crippen molar-refractivity contribution in [3.8, 4) is 11.4 Å². The summed E-state index contributed by atoms with van der Waals surface area (Å²) in [5.41, 5.74) is -0.522. The van der Waals surface area contributed by atoms with Crippen LogP contribution in [0.4, 0.5) is 4.39 Å². The van der Waals surface area contributed by atoms with E-state index in [1.54, 1.807) is 10.6 Å². The van der Waals surface area contributed by atoms with Crippen LogP contribution in [0.15, 0.2) is 27.8 Å². The fourth-order valence-electron chi connectivity index (χ4n) is 3.25. The van der Waals surface area contributed by atoms with Crippen LogP contribution in [0.25, 0.3) is 28.3 Å². The van der Waals surface area contributed by atoms with Crippen molar-refractivity contribution in [3.63, 3.8) is 0 Å². The Labute approximate surface area is 156 Å². The average molecular weight is 391 g/mol. The number of H-pyrrole nitrogens is 1. The van der Waals surface area contributed by atoms with Gasteiger partial charge in [0, 0.05) is 13.6 Å². The summed E-state index contributed by atoms with van der Waals surface area (Å²) in [7, 11) is 1.52. The van der Waals surface area contributed by atoms with Crippen LogP contribution in [0.5, 0.6) is 0 Å². The lowest BCUT2D eigenvalue weighted by Gasteiger charge is -2.07. The van der Waals surface area contributed by atoms with E-state index in [1.165, 1.54) is 28.1 Å². The second-order valence-electron chi connectivity index (χ2n) is 6.75. The maximum atomic E-state index is 14.5. The highest BCUT2D eigenvalue weighted by atomic mass is 35.5. The minimum Gasteiger partial charge on any atom is -0.302 e. The smallest absolute Gasteiger partial charge is 0.302 e. The quantitative estimate of drug-likeness (QED) is 0.580. The van der Waals surface area contributed by atoms with Crippen molar-refractivity contribution in [2.24, 2.45) is 13.0 Å². The molecule has 0 bridgehead atoms. The second-order valence-corrected chi connectivity index (χ2v) is 7.16. The molecule has 4 aromatic rings. The minimum absolute atomic E-state index is 0.0583. The topological polar surface area (TPSA) is 90.0 Å². The molecule has 10 heteroatoms. The first-order chi connectivity index (χ1) is 12.8. The van der Waals surface area contributed by atoms with E-state index < -0.39 is 17.1 Å². The fourth-order valence-corrected chi connectivity index (χ4v) is 3.50. The van der Waals surface area contributed by atoms with E-state index in [4.69, 9.17) is 11.6 Å². The van der Waals surface area contributed by atoms with Crippen LogP contribution in [-0.2, 0) is 13.6 Å². The molecule has 3 aromatic heterocycles. The van der Waals surface area contributed by atoms with Gasteiger partial charge in [0.2, 0.25) is 5.78 Å². The molecule has 0 radical (unpaired) electrons. The van der Waals surface area contributed by atoms with Crippen molar-refractivity contribution in [3.05, 3.63) is 49.9 Å². The number of aryl methyl sites for hydroxylation is 1. The van der Waals surface area contributed by atoms with E-state index in [0.717, 1.165) is 0 Å². The molecule has 0 aliphatic rings. The largest absolute Gasteiger partial charge is 0.329 e. The Balaban J connectivity index is 2.25. The SMILES string of the molecule is CC(C)Cn1c2c(=O)[nH]c(=O)n(C)c2n2c(-c3c(F)cccc3Cl)nnc12. The molecule has 0 spiro atoms. The number of nitrogens with one attached hydrogen (secondary N) is 1. The van der Waals surface area contributed by atoms with Crippen LogP contribution in [0.2, 0.25) is 5.02 Å². The Morgan fingerprint density at radius 1 is 1.26 bits per heavy atom. The number of aromatic amines is 1. The van der Waals surface area contributed by atoms with Gasteiger partial charge < -0.3 is 4.57 Å². The number of rotatable bonds is 3. The molecule has 0 saturated carbocycles. The predicted octanol–water partition coefficient (Wildman–Crippen LogP) is 2.19. The third-order valence-corrected chi connectivity index (χ3v) is 4.69. The van der Waals surface area contributed by atoms with Gasteiger partial charge in [-0.2, -0.15) is 0 Å². The molecule has 140 valence electrons. The van der Waals surface area contributed by atoms with E-state index in [1.807, 2.05) is 13.8 Å². The molecule has 0 saturated heterocycles. The Hall–Kier alpha value is -2.94. The number of hydrogen-bond donors (Lipinski definition) is 1. The summed E-state index contributed by atoms with van der Waals surface area (Å²) in [4.78, 5) is 27.0. The number of aromatic nitrogens is 6. The van der Waals surface area contributed by atoms with Crippen molar-refractivity contribution in [1.29, 1.82) is 0 Å². The monoisotopic (exact) mass is 390 g/mol. The van der Waals surface area contributed by atoms with Crippen LogP contribution >= 0.6 is 11.6 Å². The molecule has 1 N–H and O–H groups in total. The van der Waals surface area contributed by atoms with Gasteiger partial charge in [-0.25, -0.2) is 13.6 Å². The molecule has 0 unspecified atom stereocenters. The molecule has 0 fully saturated rings. The summed E-state index contributed by atoms with van der Waals surface area (Å²) in [6.07, 6.45) is 0. The number of nitrogens with zero attached hydrogens (tertiary/aromatic N) is 5. The molecule has 0 aliphatic heterocycles. The zero-order valence-corrected chi connectivity index (χ0v) is 15.6. The second kappa shape index (κ2) is 6.05. The summed E-state index contributed by atoms with van der Waals surface area (Å²) >= 11 is 6.20. The van der Waals surface area contributed by atoms with Crippen LogP contribution < -0.4 is 11.2 Å². The Bertz CT molecular complexity index is 1290. The first-order valence-corrected chi connectivity index (χ1v) is 8.70. The van der Waals surface area contributed by atoms with Gasteiger partial charge in [-0.15, -0.1) is 10.2 Å². The van der Waals surface area contributed by atoms with Gasteiger partial charge in [-0.3, -0.25) is 14.3 Å². The summed E-state index contributed by atoms with van der Waals surface area (Å²) in [6.45, 7) is 4.45. The van der Waals surface area contributed by atoms with Crippen molar-refractivity contribution in [1.82, 2.24) is 28.7 Å². The highest BCUT2D eigenvalue weighted by molar-refractivity contribution is 6.33. The van der Waals surface area contributed by atoms with Crippen LogP contribution in [0, 0.1) is 11.7 Å². The van der Waals surface area contributed by atoms with E-state index in [2.05, 4.69) is 15.2 Å². The summed E-state index contributed by atoms with van der Waals surface area (Å²) in [5, 5.41) is 8.42. The van der Waals surface area contributed by atoms with Gasteiger partial charge in [0.1, 0.15) is 5.82 Å². The molecular formula is C17H16ClFN6O2. The Morgan fingerprint density at radius 2 is 2.00 bits per heavy atom. The van der Waals surface area contributed by atoms with Crippen LogP contribution in [-0.4, -0.2) is 28.7 Å². The summed E-state index contributed by atoms with van der Waals surface area (Å²) in [5.74, 6) is 0.0792. The van der Waals surface area contributed by atoms with E-state index in [0.29, 0.717) is 12.3 Å². The zero-order chi connectivity index (χ0) is 19.5. The third-order valence-electron chi connectivity index (χ3n) is 4.37. The molecule has 3 heterocycles. The summed E-state index contributed by atoms with van der Waals surface area (Å²) in [6, 6.07) is 4.30. The zero-order valence-electron chi connectivity index (χ0n) is 14.8. The molecule has 4 rings (SSSR count). The van der Waals surface area contributed by atoms with Crippen LogP contribution in [0.3, 0.4) is 0 Å². The van der Waals surface area contributed by atoms with Gasteiger partial charge in [0.15, 0.2) is 17.0 Å². The molecule has 0 atom stereocenters. The lowest BCUT2D eigenvalue weighted by atomic mass is 10.2. The van der Waals surface area contributed by atoms with Crippen molar-refractivity contribution in [2.75, 3.05) is 0 Å². The lowest BCUT2D eigenvalue weighted by molar-refractivity contribution is 0.539. The van der Waals surface area contributed by atoms with Crippen molar-refractivity contribution < 1.29 is 4.39 Å². The van der Waals surface area contributed by atoms with Crippen molar-refractivity contribution in [2.45, 2.75) is 20.4 Å². The minimum atomic E-state index is -0.588. The molecule has 1 aromatic carbocycles. The summed E-state index contributed by atoms with van der Waals surface area (Å²) < 4.78 is 19.0. The average Bonchev–Trinajstić information content (AvgIpc) is 3.12. The molecular weight excluding hydrogens is 375 g/mol. The van der Waals surface area contributed by atoms with Gasteiger partial charge >= 0.3 is 5.69 Å². The van der Waals surface area contributed by atoms with E-state index in [9.17, 15) is 14.0 Å². The van der Waals surface area contributed by atoms with Gasteiger partial charge in [-0.1, -0.05) is 31.5 Å². The fraction of sp³-hybridized carbons (Fsp3) is 0.294. The Morgan fingerprint density at radius 3 is 2.67 bits per heavy atom. The predicted molar refractivity (Wildman–Crippen MR) is 99.6 cm³/mol. The van der Waals surface area contributed by atoms with Crippen LogP contribution in [0.1, 0.15) is 13.8 Å². The first-order valence-electron chi connectivity index (χ1n) is 8.32. The van der Waals surface area contributed by atoms with Gasteiger partial charge in [-0.05, 0) is 18.1 Å². The third kappa shape index (κ3) is 2.49. The van der Waals surface area contributed by atoms with Gasteiger partial charge in [0.05, 0.1) is 10.6 Å². The number of hydrogen-bond acceptors (Lipinski definition) is 4. The van der Waals surface area contributed by atoms with E-state index >= 15 is 0 Å². The maximum absolute atomic E-state index is 14.5. The van der Waals surface area contributed by atoms with Crippen molar-refractivity contribution >= 4 is 28.5 Å². The highest BCUT2D eigenvalue weighted by Crippen LogP contribution is 2.31. The molecule has 27 heavy (non-hydrogen) atoms. The number of fused-ring (bicyclic) bond motifs is 3. The number of benzene rings is 1. The molecule has 0 amide bonds. The molecule has 8 nitrogen and oxygen atoms in total. The normalized spacial score (nSPS) is 11.9.